The molecule has 0 aromatic heterocycles. The Morgan fingerprint density at radius 3 is 2.77 bits per heavy atom. The third kappa shape index (κ3) is 3.63. The van der Waals surface area contributed by atoms with Crippen LogP contribution in [0.1, 0.15) is 36.4 Å². The predicted octanol–water partition coefficient (Wildman–Crippen LogP) is 4.69. The fourth-order valence-electron chi connectivity index (χ4n) is 3.66. The molecule has 0 bridgehead atoms. The van der Waals surface area contributed by atoms with Gasteiger partial charge < -0.3 is 19.7 Å². The van der Waals surface area contributed by atoms with E-state index in [4.69, 9.17) is 21.7 Å². The van der Waals surface area contributed by atoms with Crippen molar-refractivity contribution < 1.29 is 9.47 Å². The van der Waals surface area contributed by atoms with Gasteiger partial charge in [-0.3, -0.25) is 0 Å². The Morgan fingerprint density at radius 2 is 1.92 bits per heavy atom. The lowest BCUT2D eigenvalue weighted by molar-refractivity contribution is 0.296. The minimum Gasteiger partial charge on any atom is -0.490 e. The van der Waals surface area contributed by atoms with E-state index in [1.54, 1.807) is 0 Å². The lowest BCUT2D eigenvalue weighted by Crippen LogP contribution is -2.34. The minimum atomic E-state index is 0.275. The van der Waals surface area contributed by atoms with Gasteiger partial charge in [0.2, 0.25) is 0 Å². The quantitative estimate of drug-likeness (QED) is 0.778. The molecule has 5 heteroatoms. The summed E-state index contributed by atoms with van der Waals surface area (Å²) in [6.45, 7) is 4.48. The molecule has 2 aliphatic heterocycles. The Hall–Kier alpha value is -2.27. The fraction of sp³-hybridized carbons (Fsp3) is 0.381. The first-order valence-corrected chi connectivity index (χ1v) is 9.65. The fourth-order valence-corrected chi connectivity index (χ4v) is 4.00. The predicted molar refractivity (Wildman–Crippen MR) is 108 cm³/mol. The summed E-state index contributed by atoms with van der Waals surface area (Å²) in [7, 11) is 0. The van der Waals surface area contributed by atoms with Gasteiger partial charge in [0.25, 0.3) is 0 Å². The summed E-state index contributed by atoms with van der Waals surface area (Å²) in [5.41, 5.74) is 3.50. The zero-order chi connectivity index (χ0) is 17.9. The summed E-state index contributed by atoms with van der Waals surface area (Å²) in [5, 5.41) is 4.18. The zero-order valence-electron chi connectivity index (χ0n) is 15.0. The molecule has 0 aliphatic carbocycles. The second-order valence-corrected chi connectivity index (χ2v) is 7.29. The highest BCUT2D eigenvalue weighted by atomic mass is 32.1. The Balaban J connectivity index is 1.53. The van der Waals surface area contributed by atoms with Crippen molar-refractivity contribution in [3.8, 4) is 11.5 Å². The van der Waals surface area contributed by atoms with Crippen molar-refractivity contribution in [2.45, 2.75) is 32.2 Å². The maximum atomic E-state index is 5.86. The summed E-state index contributed by atoms with van der Waals surface area (Å²) < 4.78 is 11.6. The number of fused-ring (bicyclic) bond motifs is 1. The van der Waals surface area contributed by atoms with Crippen molar-refractivity contribution in [3.05, 3.63) is 53.6 Å². The summed E-state index contributed by atoms with van der Waals surface area (Å²) in [6.07, 6.45) is 3.15. The smallest absolute Gasteiger partial charge is 0.173 e. The van der Waals surface area contributed by atoms with E-state index in [9.17, 15) is 0 Å². The van der Waals surface area contributed by atoms with Crippen LogP contribution in [0.3, 0.4) is 0 Å². The van der Waals surface area contributed by atoms with Crippen LogP contribution in [-0.4, -0.2) is 29.8 Å². The maximum absolute atomic E-state index is 5.86. The molecule has 4 rings (SSSR count). The standard InChI is InChI=1S/C21H24N2O2S/c1-15-5-2-6-17(13-15)22-21(26)23-10-3-7-18(23)16-8-9-19-20(14-16)25-12-4-11-24-19/h2,5-6,8-9,13-14,18H,3-4,7,10-12H2,1H3,(H,22,26)/t18-/m0/s1. The third-order valence-electron chi connectivity index (χ3n) is 4.94. The molecule has 0 radical (unpaired) electrons. The highest BCUT2D eigenvalue weighted by molar-refractivity contribution is 7.80. The van der Waals surface area contributed by atoms with Gasteiger partial charge in [-0.2, -0.15) is 0 Å². The summed E-state index contributed by atoms with van der Waals surface area (Å²) in [5.74, 6) is 1.70. The van der Waals surface area contributed by atoms with E-state index in [1.807, 2.05) is 12.1 Å². The van der Waals surface area contributed by atoms with E-state index >= 15 is 0 Å². The van der Waals surface area contributed by atoms with Crippen LogP contribution in [0, 0.1) is 6.92 Å². The molecule has 1 fully saturated rings. The molecule has 136 valence electrons. The molecule has 2 aliphatic rings. The summed E-state index contributed by atoms with van der Waals surface area (Å²) >= 11 is 5.72. The van der Waals surface area contributed by atoms with E-state index in [1.165, 1.54) is 11.1 Å². The molecule has 1 N–H and O–H groups in total. The molecule has 4 nitrogen and oxygen atoms in total. The number of rotatable bonds is 2. The number of nitrogens with one attached hydrogen (secondary N) is 1. The molecule has 2 aromatic rings. The number of aryl methyl sites for hydroxylation is 1. The van der Waals surface area contributed by atoms with Crippen LogP contribution in [0.15, 0.2) is 42.5 Å². The first-order chi connectivity index (χ1) is 12.7. The molecule has 2 heterocycles. The van der Waals surface area contributed by atoms with Crippen LogP contribution >= 0.6 is 12.2 Å². The van der Waals surface area contributed by atoms with Crippen molar-refractivity contribution >= 4 is 23.0 Å². The molecule has 26 heavy (non-hydrogen) atoms. The molecule has 0 spiro atoms. The van der Waals surface area contributed by atoms with Crippen LogP contribution in [-0.2, 0) is 0 Å². The van der Waals surface area contributed by atoms with Gasteiger partial charge in [-0.25, -0.2) is 0 Å². The Morgan fingerprint density at radius 1 is 1.08 bits per heavy atom. The summed E-state index contributed by atoms with van der Waals surface area (Å²) in [6, 6.07) is 14.9. The molecular formula is C21H24N2O2S. The lowest BCUT2D eigenvalue weighted by atomic mass is 10.0. The van der Waals surface area contributed by atoms with Crippen LogP contribution in [0.2, 0.25) is 0 Å². The number of hydrogen-bond donors (Lipinski definition) is 1. The van der Waals surface area contributed by atoms with Crippen molar-refractivity contribution in [1.82, 2.24) is 4.90 Å². The number of hydrogen-bond acceptors (Lipinski definition) is 3. The largest absolute Gasteiger partial charge is 0.490 e. The summed E-state index contributed by atoms with van der Waals surface area (Å²) in [4.78, 5) is 2.29. The maximum Gasteiger partial charge on any atom is 0.173 e. The normalized spacial score (nSPS) is 19.1. The van der Waals surface area contributed by atoms with Crippen molar-refractivity contribution in [2.24, 2.45) is 0 Å². The SMILES string of the molecule is Cc1cccc(NC(=S)N2CCC[C@H]2c2ccc3c(c2)OCCCO3)c1. The second-order valence-electron chi connectivity index (χ2n) is 6.91. The first kappa shape index (κ1) is 17.2. The number of likely N-dealkylation sites (tertiary alicyclic amines) is 1. The van der Waals surface area contributed by atoms with Crippen LogP contribution < -0.4 is 14.8 Å². The number of nitrogens with zero attached hydrogens (tertiary/aromatic N) is 1. The molecule has 0 amide bonds. The Bertz CT molecular complexity index is 808. The second kappa shape index (κ2) is 7.54. The highest BCUT2D eigenvalue weighted by Gasteiger charge is 2.29. The van der Waals surface area contributed by atoms with Crippen molar-refractivity contribution in [2.75, 3.05) is 25.1 Å². The average molecular weight is 369 g/mol. The van der Waals surface area contributed by atoms with Gasteiger partial charge in [0.15, 0.2) is 16.6 Å². The van der Waals surface area contributed by atoms with E-state index in [-0.39, 0.29) is 6.04 Å². The van der Waals surface area contributed by atoms with Gasteiger partial charge in [-0.15, -0.1) is 0 Å². The van der Waals surface area contributed by atoms with Crippen molar-refractivity contribution in [1.29, 1.82) is 0 Å². The Labute approximate surface area is 160 Å². The topological polar surface area (TPSA) is 33.7 Å². The van der Waals surface area contributed by atoms with Gasteiger partial charge in [-0.1, -0.05) is 18.2 Å². The van der Waals surface area contributed by atoms with E-state index in [0.29, 0.717) is 13.2 Å². The van der Waals surface area contributed by atoms with E-state index < -0.39 is 0 Å². The minimum absolute atomic E-state index is 0.275. The van der Waals surface area contributed by atoms with Crippen LogP contribution in [0.4, 0.5) is 5.69 Å². The van der Waals surface area contributed by atoms with Gasteiger partial charge in [-0.05, 0) is 67.4 Å². The van der Waals surface area contributed by atoms with Gasteiger partial charge >= 0.3 is 0 Å². The monoisotopic (exact) mass is 368 g/mol. The van der Waals surface area contributed by atoms with E-state index in [0.717, 1.165) is 48.1 Å². The first-order valence-electron chi connectivity index (χ1n) is 9.24. The molecule has 1 saturated heterocycles. The molecule has 1 atom stereocenters. The number of thiocarbonyl (C=S) groups is 1. The number of benzene rings is 2. The van der Waals surface area contributed by atoms with Gasteiger partial charge in [0, 0.05) is 18.7 Å². The molecule has 2 aromatic carbocycles. The number of ether oxygens (including phenoxy) is 2. The van der Waals surface area contributed by atoms with Gasteiger partial charge in [0.05, 0.1) is 19.3 Å². The Kier molecular flexibility index (Phi) is 4.98. The van der Waals surface area contributed by atoms with Gasteiger partial charge in [0.1, 0.15) is 0 Å². The third-order valence-corrected chi connectivity index (χ3v) is 5.28. The molecular weight excluding hydrogens is 344 g/mol. The van der Waals surface area contributed by atoms with E-state index in [2.05, 4.69) is 47.5 Å². The average Bonchev–Trinajstić information content (AvgIpc) is 3.01. The lowest BCUT2D eigenvalue weighted by Gasteiger charge is -2.28. The van der Waals surface area contributed by atoms with Crippen LogP contribution in [0.5, 0.6) is 11.5 Å². The molecule has 0 saturated carbocycles. The number of anilines is 1. The molecule has 0 unspecified atom stereocenters. The zero-order valence-corrected chi connectivity index (χ0v) is 15.8. The highest BCUT2D eigenvalue weighted by Crippen LogP contribution is 2.38. The van der Waals surface area contributed by atoms with Crippen LogP contribution in [0.25, 0.3) is 0 Å². The van der Waals surface area contributed by atoms with Crippen molar-refractivity contribution in [3.63, 3.8) is 0 Å².